The van der Waals surface area contributed by atoms with Gasteiger partial charge in [0, 0.05) is 32.7 Å². The van der Waals surface area contributed by atoms with Crippen molar-refractivity contribution in [2.45, 2.75) is 37.8 Å². The Morgan fingerprint density at radius 3 is 2.67 bits per heavy atom. The minimum absolute atomic E-state index is 0.0256. The Morgan fingerprint density at radius 2 is 2.05 bits per heavy atom. The third-order valence-electron chi connectivity index (χ3n) is 4.22. The second-order valence-electron chi connectivity index (χ2n) is 5.35. The molecule has 1 fully saturated rings. The molecule has 1 aliphatic rings. The lowest BCUT2D eigenvalue weighted by atomic mass is 9.82. The first-order chi connectivity index (χ1) is 10.3. The zero-order valence-corrected chi connectivity index (χ0v) is 12.9. The van der Waals surface area contributed by atoms with Gasteiger partial charge in [0.15, 0.2) is 0 Å². The zero-order chi connectivity index (χ0) is 15.1. The Morgan fingerprint density at radius 1 is 1.33 bits per heavy atom. The highest BCUT2D eigenvalue weighted by Gasteiger charge is 2.41. The average molecular weight is 294 g/mol. The zero-order valence-electron chi connectivity index (χ0n) is 12.9. The van der Waals surface area contributed by atoms with Crippen LogP contribution in [0.2, 0.25) is 0 Å². The topological polar surface area (TPSA) is 65.7 Å². The van der Waals surface area contributed by atoms with Gasteiger partial charge in [0.25, 0.3) is 0 Å². The Bertz CT molecular complexity index is 428. The molecule has 1 heterocycles. The summed E-state index contributed by atoms with van der Waals surface area (Å²) < 4.78 is 17.0. The smallest absolute Gasteiger partial charge is 0.122 e. The molecule has 0 spiro atoms. The monoisotopic (exact) mass is 294 g/mol. The third-order valence-corrected chi connectivity index (χ3v) is 4.22. The van der Waals surface area contributed by atoms with Crippen LogP contribution < -0.4 is 16.0 Å². The van der Waals surface area contributed by atoms with Crippen molar-refractivity contribution >= 4 is 0 Å². The lowest BCUT2D eigenvalue weighted by Gasteiger charge is -2.43. The van der Waals surface area contributed by atoms with Crippen molar-refractivity contribution in [3.8, 4) is 5.75 Å². The Labute approximate surface area is 126 Å². The van der Waals surface area contributed by atoms with E-state index >= 15 is 0 Å². The van der Waals surface area contributed by atoms with Crippen molar-refractivity contribution < 1.29 is 14.2 Å². The van der Waals surface area contributed by atoms with Gasteiger partial charge in [-0.1, -0.05) is 18.2 Å². The lowest BCUT2D eigenvalue weighted by molar-refractivity contribution is -0.126. The van der Waals surface area contributed by atoms with Gasteiger partial charge in [-0.3, -0.25) is 11.3 Å². The predicted octanol–water partition coefficient (Wildman–Crippen LogP) is 1.66. The molecule has 0 bridgehead atoms. The van der Waals surface area contributed by atoms with Crippen molar-refractivity contribution in [2.24, 2.45) is 5.84 Å². The molecule has 5 nitrogen and oxygen atoms in total. The van der Waals surface area contributed by atoms with Crippen molar-refractivity contribution in [3.63, 3.8) is 0 Å². The number of ether oxygens (including phenoxy) is 3. The molecule has 3 N–H and O–H groups in total. The molecule has 0 aliphatic carbocycles. The molecule has 2 rings (SSSR count). The summed E-state index contributed by atoms with van der Waals surface area (Å²) in [5.41, 5.74) is 3.82. The van der Waals surface area contributed by atoms with Gasteiger partial charge in [-0.15, -0.1) is 0 Å². The van der Waals surface area contributed by atoms with Gasteiger partial charge in [-0.25, -0.2) is 0 Å². The van der Waals surface area contributed by atoms with E-state index in [9.17, 15) is 0 Å². The van der Waals surface area contributed by atoms with Crippen LogP contribution in [0.3, 0.4) is 0 Å². The highest BCUT2D eigenvalue weighted by atomic mass is 16.5. The molecule has 1 saturated heterocycles. The summed E-state index contributed by atoms with van der Waals surface area (Å²) in [6.07, 6.45) is 2.47. The van der Waals surface area contributed by atoms with Crippen LogP contribution >= 0.6 is 0 Å². The van der Waals surface area contributed by atoms with E-state index in [2.05, 4.69) is 11.5 Å². The molecule has 1 aromatic rings. The molecule has 118 valence electrons. The summed E-state index contributed by atoms with van der Waals surface area (Å²) in [5, 5.41) is 0. The molecule has 1 atom stereocenters. The van der Waals surface area contributed by atoms with Crippen LogP contribution in [0, 0.1) is 0 Å². The first-order valence-corrected chi connectivity index (χ1v) is 7.55. The lowest BCUT2D eigenvalue weighted by Crippen LogP contribution is -2.58. The molecular formula is C16H26N2O3. The number of methoxy groups -OCH3 is 1. The van der Waals surface area contributed by atoms with Crippen molar-refractivity contribution in [1.29, 1.82) is 0 Å². The number of hydrazine groups is 1. The Kier molecular flexibility index (Phi) is 5.99. The van der Waals surface area contributed by atoms with Crippen LogP contribution in [0.25, 0.3) is 0 Å². The van der Waals surface area contributed by atoms with E-state index in [0.717, 1.165) is 30.6 Å². The maximum atomic E-state index is 6.11. The third kappa shape index (κ3) is 3.74. The normalized spacial score (nSPS) is 19.2. The minimum atomic E-state index is -0.275. The molecule has 1 unspecified atom stereocenters. The standard InChI is InChI=1S/C16H26N2O3/c1-3-21-16(8-10-20-11-9-16)15(18-17)12-13-6-4-5-7-14(13)19-2/h4-7,15,18H,3,8-12,17H2,1-2H3. The predicted molar refractivity (Wildman–Crippen MR) is 82.2 cm³/mol. The van der Waals surface area contributed by atoms with Gasteiger partial charge in [-0.05, 0) is 25.0 Å². The second kappa shape index (κ2) is 7.75. The average Bonchev–Trinajstić information content (AvgIpc) is 2.54. The fourth-order valence-electron chi connectivity index (χ4n) is 3.09. The van der Waals surface area contributed by atoms with E-state index in [0.29, 0.717) is 19.8 Å². The number of hydrogen-bond acceptors (Lipinski definition) is 5. The number of para-hydroxylation sites is 1. The number of nitrogens with two attached hydrogens (primary N) is 1. The van der Waals surface area contributed by atoms with Gasteiger partial charge in [0.05, 0.1) is 18.8 Å². The second-order valence-corrected chi connectivity index (χ2v) is 5.35. The molecule has 1 aliphatic heterocycles. The summed E-state index contributed by atoms with van der Waals surface area (Å²) >= 11 is 0. The maximum Gasteiger partial charge on any atom is 0.122 e. The largest absolute Gasteiger partial charge is 0.496 e. The van der Waals surface area contributed by atoms with Gasteiger partial charge < -0.3 is 14.2 Å². The molecule has 1 aromatic carbocycles. The van der Waals surface area contributed by atoms with Crippen LogP contribution in [0.4, 0.5) is 0 Å². The minimum Gasteiger partial charge on any atom is -0.496 e. The van der Waals surface area contributed by atoms with E-state index in [1.54, 1.807) is 7.11 Å². The number of nitrogens with one attached hydrogen (secondary N) is 1. The van der Waals surface area contributed by atoms with Gasteiger partial charge in [0.1, 0.15) is 5.75 Å². The van der Waals surface area contributed by atoms with Crippen molar-refractivity contribution in [2.75, 3.05) is 26.9 Å². The van der Waals surface area contributed by atoms with E-state index in [-0.39, 0.29) is 11.6 Å². The van der Waals surface area contributed by atoms with E-state index in [1.807, 2.05) is 25.1 Å². The molecule has 0 aromatic heterocycles. The van der Waals surface area contributed by atoms with Crippen molar-refractivity contribution in [3.05, 3.63) is 29.8 Å². The number of rotatable bonds is 7. The highest BCUT2D eigenvalue weighted by Crippen LogP contribution is 2.32. The number of hydrogen-bond donors (Lipinski definition) is 2. The summed E-state index contributed by atoms with van der Waals surface area (Å²) in [6, 6.07) is 8.06. The Balaban J connectivity index is 2.20. The van der Waals surface area contributed by atoms with Gasteiger partial charge in [0.2, 0.25) is 0 Å². The van der Waals surface area contributed by atoms with Crippen LogP contribution in [0.5, 0.6) is 5.75 Å². The summed E-state index contributed by atoms with van der Waals surface area (Å²) in [5.74, 6) is 6.73. The van der Waals surface area contributed by atoms with Crippen LogP contribution in [-0.4, -0.2) is 38.6 Å². The Hall–Kier alpha value is -1.14. The first kappa shape index (κ1) is 16.2. The molecular weight excluding hydrogens is 268 g/mol. The molecule has 21 heavy (non-hydrogen) atoms. The fourth-order valence-corrected chi connectivity index (χ4v) is 3.09. The molecule has 0 amide bonds. The molecule has 0 saturated carbocycles. The van der Waals surface area contributed by atoms with Crippen molar-refractivity contribution in [1.82, 2.24) is 5.43 Å². The first-order valence-electron chi connectivity index (χ1n) is 7.55. The summed E-state index contributed by atoms with van der Waals surface area (Å²) in [7, 11) is 1.69. The van der Waals surface area contributed by atoms with Crippen LogP contribution in [0.1, 0.15) is 25.3 Å². The molecule has 5 heteroatoms. The molecule has 0 radical (unpaired) electrons. The summed E-state index contributed by atoms with van der Waals surface area (Å²) in [6.45, 7) is 4.12. The fraction of sp³-hybridized carbons (Fsp3) is 0.625. The highest BCUT2D eigenvalue weighted by molar-refractivity contribution is 5.34. The van der Waals surface area contributed by atoms with Gasteiger partial charge in [-0.2, -0.15) is 0 Å². The summed E-state index contributed by atoms with van der Waals surface area (Å²) in [4.78, 5) is 0. The van der Waals surface area contributed by atoms with Crippen LogP contribution in [-0.2, 0) is 15.9 Å². The van der Waals surface area contributed by atoms with E-state index in [1.165, 1.54) is 0 Å². The SMILES string of the molecule is CCOC1(C(Cc2ccccc2OC)NN)CCOCC1. The van der Waals surface area contributed by atoms with Gasteiger partial charge >= 0.3 is 0 Å². The quantitative estimate of drug-likeness (QED) is 0.591. The van der Waals surface area contributed by atoms with E-state index in [4.69, 9.17) is 20.1 Å². The number of benzene rings is 1. The van der Waals surface area contributed by atoms with Crippen LogP contribution in [0.15, 0.2) is 24.3 Å². The van der Waals surface area contributed by atoms with E-state index < -0.39 is 0 Å². The maximum absolute atomic E-state index is 6.11.